The summed E-state index contributed by atoms with van der Waals surface area (Å²) in [4.78, 5) is 0. The number of anilines is 1. The fourth-order valence-electron chi connectivity index (χ4n) is 1.93. The molecule has 2 nitrogen and oxygen atoms in total. The Kier molecular flexibility index (Phi) is 5.66. The molecule has 2 aromatic rings. The number of rotatable bonds is 3. The van der Waals surface area contributed by atoms with Gasteiger partial charge in [0, 0.05) is 12.1 Å². The molecule has 128 valence electrons. The van der Waals surface area contributed by atoms with Crippen molar-refractivity contribution in [2.75, 3.05) is 5.32 Å². The second-order valence-electron chi connectivity index (χ2n) is 5.09. The summed E-state index contributed by atoms with van der Waals surface area (Å²) in [5.41, 5.74) is 0.599. The van der Waals surface area contributed by atoms with Gasteiger partial charge in [-0.15, -0.1) is 0 Å². The summed E-state index contributed by atoms with van der Waals surface area (Å²) < 4.78 is 51.2. The summed E-state index contributed by atoms with van der Waals surface area (Å²) >= 11 is 11.1. The molecule has 0 unspecified atom stereocenters. The van der Waals surface area contributed by atoms with Gasteiger partial charge in [0.1, 0.15) is 5.82 Å². The van der Waals surface area contributed by atoms with E-state index in [1.165, 1.54) is 0 Å². The van der Waals surface area contributed by atoms with Gasteiger partial charge in [0.25, 0.3) is 0 Å². The van der Waals surface area contributed by atoms with Crippen LogP contribution in [0.1, 0.15) is 16.7 Å². The molecule has 0 bridgehead atoms. The van der Waals surface area contributed by atoms with Crippen LogP contribution < -0.4 is 10.6 Å². The van der Waals surface area contributed by atoms with E-state index in [0.29, 0.717) is 16.8 Å². The summed E-state index contributed by atoms with van der Waals surface area (Å²) in [5, 5.41) is 6.23. The van der Waals surface area contributed by atoms with Crippen molar-refractivity contribution in [2.24, 2.45) is 0 Å². The Morgan fingerprint density at radius 1 is 1.17 bits per heavy atom. The van der Waals surface area contributed by atoms with Gasteiger partial charge in [-0.25, -0.2) is 4.39 Å². The number of alkyl halides is 3. The van der Waals surface area contributed by atoms with E-state index < -0.39 is 17.6 Å². The van der Waals surface area contributed by atoms with Crippen molar-refractivity contribution in [1.82, 2.24) is 5.32 Å². The monoisotopic (exact) mass is 376 g/mol. The van der Waals surface area contributed by atoms with Gasteiger partial charge in [-0.1, -0.05) is 23.7 Å². The smallest absolute Gasteiger partial charge is 0.358 e. The highest BCUT2D eigenvalue weighted by molar-refractivity contribution is 7.80. The number of hydrogen-bond donors (Lipinski definition) is 2. The van der Waals surface area contributed by atoms with Crippen molar-refractivity contribution in [2.45, 2.75) is 19.6 Å². The minimum Gasteiger partial charge on any atom is -0.358 e. The van der Waals surface area contributed by atoms with E-state index in [0.717, 1.165) is 17.7 Å². The maximum Gasteiger partial charge on any atom is 0.416 e. The summed E-state index contributed by atoms with van der Waals surface area (Å²) in [7, 11) is 0. The maximum atomic E-state index is 13.7. The topological polar surface area (TPSA) is 24.1 Å². The van der Waals surface area contributed by atoms with Crippen LogP contribution in [0.4, 0.5) is 23.2 Å². The van der Waals surface area contributed by atoms with E-state index >= 15 is 0 Å². The predicted octanol–water partition coefficient (Wildman–Crippen LogP) is 5.29. The van der Waals surface area contributed by atoms with Gasteiger partial charge in [-0.2, -0.15) is 13.2 Å². The molecular weight excluding hydrogens is 364 g/mol. The van der Waals surface area contributed by atoms with Crippen molar-refractivity contribution in [3.63, 3.8) is 0 Å². The molecule has 2 rings (SSSR count). The first kappa shape index (κ1) is 18.5. The Bertz CT molecular complexity index is 762. The number of thiocarbonyl (C=S) groups is 1. The minimum absolute atomic E-state index is 0.0563. The van der Waals surface area contributed by atoms with E-state index in [4.69, 9.17) is 23.8 Å². The zero-order chi connectivity index (χ0) is 17.9. The first-order chi connectivity index (χ1) is 11.2. The Labute approximate surface area is 146 Å². The molecule has 2 aromatic carbocycles. The molecule has 0 spiro atoms. The molecule has 8 heteroatoms. The minimum atomic E-state index is -4.58. The van der Waals surface area contributed by atoms with E-state index in [9.17, 15) is 17.6 Å². The standard InChI is InChI=1S/C16H13ClF4N2S/c1-9-2-5-14(12(17)6-9)23-15(24)22-8-10-3-4-11(7-13(10)18)16(19,20)21/h2-7H,8H2,1H3,(H2,22,23,24). The Morgan fingerprint density at radius 3 is 2.46 bits per heavy atom. The second kappa shape index (κ2) is 7.36. The van der Waals surface area contributed by atoms with Gasteiger partial charge in [0.05, 0.1) is 16.3 Å². The molecular formula is C16H13ClF4N2S. The van der Waals surface area contributed by atoms with Crippen molar-refractivity contribution >= 4 is 34.6 Å². The molecule has 0 aromatic heterocycles. The third kappa shape index (κ3) is 4.82. The maximum absolute atomic E-state index is 13.7. The van der Waals surface area contributed by atoms with Crippen LogP contribution in [0.5, 0.6) is 0 Å². The highest BCUT2D eigenvalue weighted by Gasteiger charge is 2.31. The summed E-state index contributed by atoms with van der Waals surface area (Å²) in [5.74, 6) is -0.950. The molecule has 24 heavy (non-hydrogen) atoms. The lowest BCUT2D eigenvalue weighted by atomic mass is 10.1. The third-order valence-corrected chi connectivity index (χ3v) is 3.75. The number of nitrogens with one attached hydrogen (secondary N) is 2. The fourth-order valence-corrected chi connectivity index (χ4v) is 2.39. The molecule has 0 saturated heterocycles. The van der Waals surface area contributed by atoms with Crippen LogP contribution in [0.25, 0.3) is 0 Å². The quantitative estimate of drug-likeness (QED) is 0.562. The summed E-state index contributed by atoms with van der Waals surface area (Å²) in [6.45, 7) is 1.83. The zero-order valence-electron chi connectivity index (χ0n) is 12.5. The lowest BCUT2D eigenvalue weighted by Crippen LogP contribution is -2.28. The highest BCUT2D eigenvalue weighted by Crippen LogP contribution is 2.30. The first-order valence-corrected chi connectivity index (χ1v) is 7.62. The van der Waals surface area contributed by atoms with Gasteiger partial charge in [-0.05, 0) is 49.0 Å². The molecule has 0 aliphatic heterocycles. The van der Waals surface area contributed by atoms with Crippen LogP contribution in [0.3, 0.4) is 0 Å². The second-order valence-corrected chi connectivity index (χ2v) is 5.91. The van der Waals surface area contributed by atoms with Crippen molar-refractivity contribution in [1.29, 1.82) is 0 Å². The Morgan fingerprint density at radius 2 is 1.88 bits per heavy atom. The molecule has 0 aliphatic rings. The number of benzene rings is 2. The molecule has 0 amide bonds. The van der Waals surface area contributed by atoms with Gasteiger partial charge in [0.15, 0.2) is 5.11 Å². The van der Waals surface area contributed by atoms with E-state index in [2.05, 4.69) is 10.6 Å². The molecule has 0 atom stereocenters. The number of halogens is 5. The fraction of sp³-hybridized carbons (Fsp3) is 0.188. The molecule has 2 N–H and O–H groups in total. The van der Waals surface area contributed by atoms with Gasteiger partial charge >= 0.3 is 6.18 Å². The van der Waals surface area contributed by atoms with Crippen LogP contribution in [-0.2, 0) is 12.7 Å². The van der Waals surface area contributed by atoms with E-state index in [1.54, 1.807) is 12.1 Å². The molecule has 0 radical (unpaired) electrons. The third-order valence-electron chi connectivity index (χ3n) is 3.19. The Hall–Kier alpha value is -1.86. The molecule has 0 fully saturated rings. The van der Waals surface area contributed by atoms with Gasteiger partial charge in [-0.3, -0.25) is 0 Å². The van der Waals surface area contributed by atoms with Gasteiger partial charge in [0.2, 0.25) is 0 Å². The van der Waals surface area contributed by atoms with Crippen LogP contribution in [0, 0.1) is 12.7 Å². The Balaban J connectivity index is 1.99. The van der Waals surface area contributed by atoms with Crippen molar-refractivity contribution in [3.05, 3.63) is 63.9 Å². The zero-order valence-corrected chi connectivity index (χ0v) is 14.0. The largest absolute Gasteiger partial charge is 0.416 e. The SMILES string of the molecule is Cc1ccc(NC(=S)NCc2ccc(C(F)(F)F)cc2F)c(Cl)c1. The lowest BCUT2D eigenvalue weighted by molar-refractivity contribution is -0.137. The lowest BCUT2D eigenvalue weighted by Gasteiger charge is -2.13. The number of hydrogen-bond acceptors (Lipinski definition) is 1. The van der Waals surface area contributed by atoms with Crippen molar-refractivity contribution in [3.8, 4) is 0 Å². The van der Waals surface area contributed by atoms with E-state index in [-0.39, 0.29) is 17.2 Å². The van der Waals surface area contributed by atoms with Crippen LogP contribution in [0.15, 0.2) is 36.4 Å². The van der Waals surface area contributed by atoms with Crippen LogP contribution >= 0.6 is 23.8 Å². The summed E-state index contributed by atoms with van der Waals surface area (Å²) in [6, 6.07) is 7.70. The number of aryl methyl sites for hydroxylation is 1. The molecule has 0 aliphatic carbocycles. The van der Waals surface area contributed by atoms with Crippen molar-refractivity contribution < 1.29 is 17.6 Å². The highest BCUT2D eigenvalue weighted by atomic mass is 35.5. The average Bonchev–Trinajstić information content (AvgIpc) is 2.48. The van der Waals surface area contributed by atoms with E-state index in [1.807, 2.05) is 13.0 Å². The summed E-state index contributed by atoms with van der Waals surface area (Å²) in [6.07, 6.45) is -4.58. The first-order valence-electron chi connectivity index (χ1n) is 6.83. The normalized spacial score (nSPS) is 11.2. The predicted molar refractivity (Wildman–Crippen MR) is 90.7 cm³/mol. The van der Waals surface area contributed by atoms with Crippen LogP contribution in [0.2, 0.25) is 5.02 Å². The van der Waals surface area contributed by atoms with Gasteiger partial charge < -0.3 is 10.6 Å². The average molecular weight is 377 g/mol. The molecule has 0 saturated carbocycles. The van der Waals surface area contributed by atoms with Crippen LogP contribution in [-0.4, -0.2) is 5.11 Å². The molecule has 0 heterocycles.